The van der Waals surface area contributed by atoms with Gasteiger partial charge >= 0.3 is 0 Å². The summed E-state index contributed by atoms with van der Waals surface area (Å²) in [5, 5.41) is 0. The number of morpholine rings is 1. The van der Waals surface area contributed by atoms with Crippen molar-refractivity contribution in [1.29, 1.82) is 0 Å². The summed E-state index contributed by atoms with van der Waals surface area (Å²) in [5.74, 6) is -1.73. The molecular formula is C6H7NO4. The van der Waals surface area contributed by atoms with Crippen LogP contribution in [0.4, 0.5) is 0 Å². The third kappa shape index (κ3) is 1.43. The second-order valence-corrected chi connectivity index (χ2v) is 2.13. The fraction of sp³-hybridized carbons (Fsp3) is 0.500. The molecule has 1 heterocycles. The number of ether oxygens (including phenoxy) is 1. The first-order chi connectivity index (χ1) is 5.13. The molecule has 1 fully saturated rings. The smallest absolute Gasteiger partial charge is 0.262 e. The maximum Gasteiger partial charge on any atom is 0.262 e. The van der Waals surface area contributed by atoms with E-state index >= 15 is 0 Å². The molecule has 0 aromatic heterocycles. The molecule has 0 unspecified atom stereocenters. The Morgan fingerprint density at radius 1 is 1.36 bits per heavy atom. The van der Waals surface area contributed by atoms with E-state index in [1.807, 2.05) is 0 Å². The molecule has 1 aliphatic rings. The summed E-state index contributed by atoms with van der Waals surface area (Å²) in [7, 11) is 0. The summed E-state index contributed by atoms with van der Waals surface area (Å²) in [6.45, 7) is 0.789. The van der Waals surface area contributed by atoms with Crippen molar-refractivity contribution in [3.63, 3.8) is 0 Å². The summed E-state index contributed by atoms with van der Waals surface area (Å²) < 4.78 is 4.58. The molecule has 0 radical (unpaired) electrons. The van der Waals surface area contributed by atoms with Crippen molar-refractivity contribution in [3.8, 4) is 0 Å². The van der Waals surface area contributed by atoms with E-state index in [-0.39, 0.29) is 13.2 Å². The van der Waals surface area contributed by atoms with Crippen LogP contribution in [0.15, 0.2) is 0 Å². The van der Waals surface area contributed by atoms with Crippen LogP contribution in [0.3, 0.4) is 0 Å². The number of amides is 3. The van der Waals surface area contributed by atoms with Crippen LogP contribution in [0.1, 0.15) is 6.92 Å². The van der Waals surface area contributed by atoms with Gasteiger partial charge in [-0.2, -0.15) is 0 Å². The Bertz CT molecular complexity index is 207. The molecule has 0 aromatic rings. The Morgan fingerprint density at radius 3 is 2.09 bits per heavy atom. The van der Waals surface area contributed by atoms with Crippen molar-refractivity contribution in [2.24, 2.45) is 0 Å². The van der Waals surface area contributed by atoms with E-state index in [4.69, 9.17) is 0 Å². The predicted octanol–water partition coefficient (Wildman–Crippen LogP) is -1.08. The van der Waals surface area contributed by atoms with Crippen LogP contribution < -0.4 is 0 Å². The van der Waals surface area contributed by atoms with E-state index in [0.29, 0.717) is 4.90 Å². The van der Waals surface area contributed by atoms with Crippen LogP contribution in [0.25, 0.3) is 0 Å². The molecule has 1 aliphatic heterocycles. The van der Waals surface area contributed by atoms with Gasteiger partial charge in [0.15, 0.2) is 0 Å². The van der Waals surface area contributed by atoms with Crippen molar-refractivity contribution in [1.82, 2.24) is 4.90 Å². The Kier molecular flexibility index (Phi) is 2.00. The van der Waals surface area contributed by atoms with Crippen molar-refractivity contribution < 1.29 is 19.1 Å². The second-order valence-electron chi connectivity index (χ2n) is 2.13. The molecule has 5 heteroatoms. The highest BCUT2D eigenvalue weighted by Gasteiger charge is 2.29. The molecule has 0 saturated carbocycles. The summed E-state index contributed by atoms with van der Waals surface area (Å²) >= 11 is 0. The zero-order chi connectivity index (χ0) is 8.43. The third-order valence-corrected chi connectivity index (χ3v) is 1.26. The van der Waals surface area contributed by atoms with E-state index in [9.17, 15) is 14.4 Å². The molecule has 0 aromatic carbocycles. The quantitative estimate of drug-likeness (QED) is 0.419. The van der Waals surface area contributed by atoms with Gasteiger partial charge in [0.05, 0.1) is 0 Å². The van der Waals surface area contributed by atoms with Gasteiger partial charge in [-0.15, -0.1) is 0 Å². The van der Waals surface area contributed by atoms with Gasteiger partial charge < -0.3 is 4.74 Å². The van der Waals surface area contributed by atoms with E-state index in [2.05, 4.69) is 4.74 Å². The second kappa shape index (κ2) is 2.79. The van der Waals surface area contributed by atoms with Gasteiger partial charge in [-0.1, -0.05) is 0 Å². The number of hydrogen-bond donors (Lipinski definition) is 0. The van der Waals surface area contributed by atoms with E-state index in [1.54, 1.807) is 0 Å². The van der Waals surface area contributed by atoms with Gasteiger partial charge in [-0.3, -0.25) is 14.4 Å². The number of carbonyl (C=O) groups is 3. The molecule has 1 saturated heterocycles. The summed E-state index contributed by atoms with van der Waals surface area (Å²) in [5.41, 5.74) is 0. The monoisotopic (exact) mass is 157 g/mol. The molecule has 11 heavy (non-hydrogen) atoms. The first-order valence-corrected chi connectivity index (χ1v) is 3.07. The predicted molar refractivity (Wildman–Crippen MR) is 33.4 cm³/mol. The van der Waals surface area contributed by atoms with Crippen LogP contribution in [0.5, 0.6) is 0 Å². The largest absolute Gasteiger partial charge is 0.362 e. The third-order valence-electron chi connectivity index (χ3n) is 1.26. The van der Waals surface area contributed by atoms with Crippen molar-refractivity contribution in [2.45, 2.75) is 6.92 Å². The number of nitrogens with zero attached hydrogens (tertiary/aromatic N) is 1. The van der Waals surface area contributed by atoms with Gasteiger partial charge in [0.2, 0.25) is 5.91 Å². The zero-order valence-electron chi connectivity index (χ0n) is 5.99. The van der Waals surface area contributed by atoms with E-state index in [1.165, 1.54) is 6.92 Å². The fourth-order valence-corrected chi connectivity index (χ4v) is 0.845. The molecule has 60 valence electrons. The van der Waals surface area contributed by atoms with Crippen LogP contribution >= 0.6 is 0 Å². The van der Waals surface area contributed by atoms with Gasteiger partial charge in [-0.05, 0) is 0 Å². The molecular weight excluding hydrogens is 150 g/mol. The maximum absolute atomic E-state index is 10.8. The van der Waals surface area contributed by atoms with Gasteiger partial charge in [0.1, 0.15) is 13.2 Å². The van der Waals surface area contributed by atoms with Gasteiger partial charge in [0, 0.05) is 6.92 Å². The molecule has 0 atom stereocenters. The minimum Gasteiger partial charge on any atom is -0.362 e. The number of imide groups is 3. The highest BCUT2D eigenvalue weighted by atomic mass is 16.5. The van der Waals surface area contributed by atoms with Crippen LogP contribution in [-0.2, 0) is 19.1 Å². The lowest BCUT2D eigenvalue weighted by atomic mass is 10.4. The van der Waals surface area contributed by atoms with E-state index in [0.717, 1.165) is 0 Å². The lowest BCUT2D eigenvalue weighted by Gasteiger charge is -2.21. The normalized spacial score (nSPS) is 18.8. The lowest BCUT2D eigenvalue weighted by Crippen LogP contribution is -2.48. The summed E-state index contributed by atoms with van der Waals surface area (Å²) in [6, 6.07) is 0. The Hall–Kier alpha value is -1.23. The average Bonchev–Trinajstić information content (AvgIpc) is 1.85. The molecule has 0 aliphatic carbocycles. The minimum absolute atomic E-state index is 0.189. The SMILES string of the molecule is CC(=O)N1C(=O)COCC1=O. The van der Waals surface area contributed by atoms with E-state index < -0.39 is 17.7 Å². The Labute approximate surface area is 62.9 Å². The fourth-order valence-electron chi connectivity index (χ4n) is 0.845. The molecule has 5 nitrogen and oxygen atoms in total. The van der Waals surface area contributed by atoms with Crippen LogP contribution in [0.2, 0.25) is 0 Å². The maximum atomic E-state index is 10.8. The Morgan fingerprint density at radius 2 is 1.82 bits per heavy atom. The molecule has 0 N–H and O–H groups in total. The van der Waals surface area contributed by atoms with Crippen LogP contribution in [-0.4, -0.2) is 35.8 Å². The number of rotatable bonds is 0. The topological polar surface area (TPSA) is 63.7 Å². The summed E-state index contributed by atoms with van der Waals surface area (Å²) in [6.07, 6.45) is 0. The zero-order valence-corrected chi connectivity index (χ0v) is 5.99. The summed E-state index contributed by atoms with van der Waals surface area (Å²) in [4.78, 5) is 32.9. The highest BCUT2D eigenvalue weighted by molar-refractivity contribution is 6.11. The standard InChI is InChI=1S/C6H7NO4/c1-4(8)7-5(9)2-11-3-6(7)10/h2-3H2,1H3. The minimum atomic E-state index is -0.589. The van der Waals surface area contributed by atoms with Gasteiger partial charge in [-0.25, -0.2) is 4.90 Å². The van der Waals surface area contributed by atoms with Crippen molar-refractivity contribution in [3.05, 3.63) is 0 Å². The molecule has 1 rings (SSSR count). The molecule has 0 bridgehead atoms. The molecule has 3 amide bonds. The highest BCUT2D eigenvalue weighted by Crippen LogP contribution is 2.00. The number of carbonyl (C=O) groups excluding carboxylic acids is 3. The average molecular weight is 157 g/mol. The first-order valence-electron chi connectivity index (χ1n) is 3.07. The lowest BCUT2D eigenvalue weighted by molar-refractivity contribution is -0.163. The molecule has 0 spiro atoms. The van der Waals surface area contributed by atoms with Crippen molar-refractivity contribution in [2.75, 3.05) is 13.2 Å². The Balaban J connectivity index is 2.79. The first kappa shape index (κ1) is 7.87. The van der Waals surface area contributed by atoms with Crippen molar-refractivity contribution >= 4 is 17.7 Å². The van der Waals surface area contributed by atoms with Gasteiger partial charge in [0.25, 0.3) is 11.8 Å². The van der Waals surface area contributed by atoms with Crippen LogP contribution in [0, 0.1) is 0 Å². The number of hydrogen-bond acceptors (Lipinski definition) is 4.